The van der Waals surface area contributed by atoms with Crippen LogP contribution in [0.15, 0.2) is 78.9 Å². The van der Waals surface area contributed by atoms with E-state index in [1.807, 2.05) is 28.9 Å². The fourth-order valence-electron chi connectivity index (χ4n) is 4.44. The molecule has 174 valence electrons. The molecule has 0 spiro atoms. The average molecular weight is 454 g/mol. The molecule has 1 saturated heterocycles. The van der Waals surface area contributed by atoms with E-state index in [1.54, 1.807) is 12.1 Å². The Labute approximate surface area is 201 Å². The molecule has 0 atom stereocenters. The van der Waals surface area contributed by atoms with Gasteiger partial charge in [0.1, 0.15) is 18.1 Å². The Morgan fingerprint density at radius 2 is 1.50 bits per heavy atom. The van der Waals surface area contributed by atoms with Gasteiger partial charge in [-0.15, -0.1) is 0 Å². The minimum atomic E-state index is 0.251. The van der Waals surface area contributed by atoms with Crippen molar-refractivity contribution in [1.29, 1.82) is 0 Å². The Kier molecular flexibility index (Phi) is 6.63. The molecule has 3 aromatic carbocycles. The van der Waals surface area contributed by atoms with Crippen molar-refractivity contribution in [2.24, 2.45) is 0 Å². The standard InChI is InChI=1S/C29H31N3O2/c1-22-5-11-25(12-6-22)32-29(24-7-13-26(33)14-8-24)21-28(30-32)23-9-15-27(16-10-23)34-20-19-31-17-3-2-4-18-31/h5-16,21,33H,2-4,17-20H2,1H3. The smallest absolute Gasteiger partial charge is 0.119 e. The molecular weight excluding hydrogens is 422 g/mol. The van der Waals surface area contributed by atoms with E-state index in [-0.39, 0.29) is 5.75 Å². The lowest BCUT2D eigenvalue weighted by molar-refractivity contribution is 0.183. The molecule has 2 heterocycles. The van der Waals surface area contributed by atoms with Crippen LogP contribution < -0.4 is 4.74 Å². The van der Waals surface area contributed by atoms with Crippen molar-refractivity contribution in [3.63, 3.8) is 0 Å². The molecule has 0 aliphatic carbocycles. The summed E-state index contributed by atoms with van der Waals surface area (Å²) >= 11 is 0. The molecule has 4 aromatic rings. The molecule has 5 heteroatoms. The number of phenols is 1. The summed E-state index contributed by atoms with van der Waals surface area (Å²) in [5.41, 5.74) is 6.10. The van der Waals surface area contributed by atoms with E-state index in [4.69, 9.17) is 9.84 Å². The predicted molar refractivity (Wildman–Crippen MR) is 137 cm³/mol. The minimum Gasteiger partial charge on any atom is -0.508 e. The van der Waals surface area contributed by atoms with Crippen molar-refractivity contribution in [2.75, 3.05) is 26.2 Å². The van der Waals surface area contributed by atoms with Crippen molar-refractivity contribution >= 4 is 0 Å². The summed E-state index contributed by atoms with van der Waals surface area (Å²) in [6.07, 6.45) is 3.96. The molecule has 1 N–H and O–H groups in total. The third kappa shape index (κ3) is 5.15. The maximum Gasteiger partial charge on any atom is 0.119 e. The van der Waals surface area contributed by atoms with E-state index in [0.717, 1.165) is 40.5 Å². The van der Waals surface area contributed by atoms with Crippen molar-refractivity contribution in [3.05, 3.63) is 84.4 Å². The third-order valence-corrected chi connectivity index (χ3v) is 6.43. The van der Waals surface area contributed by atoms with Crippen molar-refractivity contribution in [1.82, 2.24) is 14.7 Å². The van der Waals surface area contributed by atoms with Crippen LogP contribution in [0.3, 0.4) is 0 Å². The first-order chi connectivity index (χ1) is 16.7. The van der Waals surface area contributed by atoms with Crippen molar-refractivity contribution in [2.45, 2.75) is 26.2 Å². The molecule has 0 bridgehead atoms. The minimum absolute atomic E-state index is 0.251. The molecule has 0 radical (unpaired) electrons. The zero-order valence-corrected chi connectivity index (χ0v) is 19.7. The highest BCUT2D eigenvalue weighted by molar-refractivity contribution is 5.71. The average Bonchev–Trinajstić information content (AvgIpc) is 3.31. The van der Waals surface area contributed by atoms with Crippen LogP contribution in [0, 0.1) is 6.92 Å². The highest BCUT2D eigenvalue weighted by Crippen LogP contribution is 2.30. The summed E-state index contributed by atoms with van der Waals surface area (Å²) in [7, 11) is 0. The first-order valence-corrected chi connectivity index (χ1v) is 12.1. The maximum absolute atomic E-state index is 9.73. The number of ether oxygens (including phenoxy) is 1. The van der Waals surface area contributed by atoms with E-state index in [1.165, 1.54) is 37.9 Å². The number of hydrogen-bond acceptors (Lipinski definition) is 4. The van der Waals surface area contributed by atoms with Crippen LogP contribution in [0.1, 0.15) is 24.8 Å². The second-order valence-corrected chi connectivity index (χ2v) is 8.98. The van der Waals surface area contributed by atoms with Crippen molar-refractivity contribution in [3.8, 4) is 39.7 Å². The number of aromatic nitrogens is 2. The Balaban J connectivity index is 1.37. The van der Waals surface area contributed by atoms with Gasteiger partial charge >= 0.3 is 0 Å². The van der Waals surface area contributed by atoms with Gasteiger partial charge in [0.05, 0.1) is 17.1 Å². The van der Waals surface area contributed by atoms with Crippen LogP contribution in [-0.2, 0) is 0 Å². The quantitative estimate of drug-likeness (QED) is 0.368. The molecule has 1 aromatic heterocycles. The van der Waals surface area contributed by atoms with Crippen LogP contribution in [0.4, 0.5) is 0 Å². The molecule has 1 fully saturated rings. The van der Waals surface area contributed by atoms with Crippen LogP contribution in [0.2, 0.25) is 0 Å². The Bertz CT molecular complexity index is 1140. The SMILES string of the molecule is Cc1ccc(-n2nc(-c3ccc(OCCN4CCCCC4)cc3)cc2-c2ccc(O)cc2)cc1. The van der Waals surface area contributed by atoms with E-state index < -0.39 is 0 Å². The zero-order chi connectivity index (χ0) is 23.3. The van der Waals surface area contributed by atoms with Crippen molar-refractivity contribution < 1.29 is 9.84 Å². The third-order valence-electron chi connectivity index (χ3n) is 6.43. The van der Waals surface area contributed by atoms with E-state index in [9.17, 15) is 5.11 Å². The first-order valence-electron chi connectivity index (χ1n) is 12.1. The fourth-order valence-corrected chi connectivity index (χ4v) is 4.44. The van der Waals surface area contributed by atoms with Gasteiger partial charge in [-0.05, 0) is 99.6 Å². The molecule has 34 heavy (non-hydrogen) atoms. The van der Waals surface area contributed by atoms with Gasteiger partial charge in [0, 0.05) is 17.7 Å². The maximum atomic E-state index is 9.73. The molecular formula is C29H31N3O2. The summed E-state index contributed by atoms with van der Waals surface area (Å²) in [5, 5.41) is 14.7. The second kappa shape index (κ2) is 10.1. The highest BCUT2D eigenvalue weighted by atomic mass is 16.5. The molecule has 0 unspecified atom stereocenters. The normalized spacial score (nSPS) is 14.3. The Morgan fingerprint density at radius 1 is 0.824 bits per heavy atom. The largest absolute Gasteiger partial charge is 0.508 e. The van der Waals surface area contributed by atoms with Crippen LogP contribution in [0.5, 0.6) is 11.5 Å². The number of aryl methyl sites for hydroxylation is 1. The molecule has 1 aliphatic rings. The van der Waals surface area contributed by atoms with Gasteiger partial charge in [-0.25, -0.2) is 4.68 Å². The number of phenolic OH excluding ortho intramolecular Hbond substituents is 1. The molecule has 1 aliphatic heterocycles. The molecule has 5 rings (SSSR count). The lowest BCUT2D eigenvalue weighted by atomic mass is 10.1. The van der Waals surface area contributed by atoms with E-state index in [0.29, 0.717) is 6.61 Å². The van der Waals surface area contributed by atoms with Gasteiger partial charge in [0.2, 0.25) is 0 Å². The van der Waals surface area contributed by atoms with Crippen LogP contribution in [0.25, 0.3) is 28.2 Å². The Morgan fingerprint density at radius 3 is 2.21 bits per heavy atom. The van der Waals surface area contributed by atoms with Gasteiger partial charge in [0.25, 0.3) is 0 Å². The summed E-state index contributed by atoms with van der Waals surface area (Å²) in [4.78, 5) is 2.49. The van der Waals surface area contributed by atoms with Gasteiger partial charge in [-0.2, -0.15) is 5.10 Å². The molecule has 0 amide bonds. The molecule has 0 saturated carbocycles. The van der Waals surface area contributed by atoms with E-state index in [2.05, 4.69) is 54.3 Å². The number of piperidine rings is 1. The van der Waals surface area contributed by atoms with Gasteiger partial charge < -0.3 is 9.84 Å². The number of rotatable bonds is 7. The number of nitrogens with zero attached hydrogens (tertiary/aromatic N) is 3. The lowest BCUT2D eigenvalue weighted by Crippen LogP contribution is -2.33. The highest BCUT2D eigenvalue weighted by Gasteiger charge is 2.14. The predicted octanol–water partition coefficient (Wildman–Crippen LogP) is 6.09. The fraction of sp³-hybridized carbons (Fsp3) is 0.276. The zero-order valence-electron chi connectivity index (χ0n) is 19.7. The number of benzene rings is 3. The second-order valence-electron chi connectivity index (χ2n) is 8.98. The van der Waals surface area contributed by atoms with Crippen LogP contribution in [-0.4, -0.2) is 46.0 Å². The summed E-state index contributed by atoms with van der Waals surface area (Å²) in [6, 6.07) is 25.9. The van der Waals surface area contributed by atoms with Gasteiger partial charge in [-0.1, -0.05) is 24.1 Å². The number of likely N-dealkylation sites (tertiary alicyclic amines) is 1. The van der Waals surface area contributed by atoms with E-state index >= 15 is 0 Å². The topological polar surface area (TPSA) is 50.5 Å². The Hall–Kier alpha value is -3.57. The lowest BCUT2D eigenvalue weighted by Gasteiger charge is -2.26. The number of hydrogen-bond donors (Lipinski definition) is 1. The van der Waals surface area contributed by atoms with Crippen LogP contribution >= 0.6 is 0 Å². The number of aromatic hydroxyl groups is 1. The summed E-state index contributed by atoms with van der Waals surface area (Å²) in [5.74, 6) is 1.14. The summed E-state index contributed by atoms with van der Waals surface area (Å²) < 4.78 is 7.96. The van der Waals surface area contributed by atoms with Gasteiger partial charge in [-0.3, -0.25) is 4.90 Å². The monoisotopic (exact) mass is 453 g/mol. The first kappa shape index (κ1) is 22.2. The van der Waals surface area contributed by atoms with Gasteiger partial charge in [0.15, 0.2) is 0 Å². The molecule has 5 nitrogen and oxygen atoms in total. The summed E-state index contributed by atoms with van der Waals surface area (Å²) in [6.45, 7) is 6.16.